The summed E-state index contributed by atoms with van der Waals surface area (Å²) >= 11 is 0. The quantitative estimate of drug-likeness (QED) is 0.734. The lowest BCUT2D eigenvalue weighted by Gasteiger charge is -2.21. The SMILES string of the molecule is Cc1cc(F)ccc1CC(CNCC(C)C)CC(C)C. The monoisotopic (exact) mass is 279 g/mol. The van der Waals surface area contributed by atoms with Crippen molar-refractivity contribution in [3.8, 4) is 0 Å². The van der Waals surface area contributed by atoms with Crippen molar-refractivity contribution >= 4 is 0 Å². The van der Waals surface area contributed by atoms with E-state index in [4.69, 9.17) is 0 Å². The Hall–Kier alpha value is -0.890. The Bertz CT molecular complexity index is 398. The number of halogens is 1. The molecule has 0 saturated carbocycles. The smallest absolute Gasteiger partial charge is 0.123 e. The van der Waals surface area contributed by atoms with Crippen LogP contribution in [0.15, 0.2) is 18.2 Å². The Balaban J connectivity index is 2.63. The summed E-state index contributed by atoms with van der Waals surface area (Å²) in [4.78, 5) is 0. The van der Waals surface area contributed by atoms with Gasteiger partial charge in [-0.2, -0.15) is 0 Å². The second-order valence-corrected chi connectivity index (χ2v) is 6.82. The van der Waals surface area contributed by atoms with E-state index in [2.05, 4.69) is 33.0 Å². The van der Waals surface area contributed by atoms with E-state index in [0.29, 0.717) is 17.8 Å². The van der Waals surface area contributed by atoms with Gasteiger partial charge in [0.1, 0.15) is 5.82 Å². The van der Waals surface area contributed by atoms with Crippen LogP contribution in [0.4, 0.5) is 4.39 Å². The van der Waals surface area contributed by atoms with Gasteiger partial charge in [-0.05, 0) is 73.9 Å². The minimum absolute atomic E-state index is 0.135. The number of hydrogen-bond donors (Lipinski definition) is 1. The Kier molecular flexibility index (Phi) is 7.22. The lowest BCUT2D eigenvalue weighted by Crippen LogP contribution is -2.28. The fraction of sp³-hybridized carbons (Fsp3) is 0.667. The fourth-order valence-electron chi connectivity index (χ4n) is 2.68. The maximum atomic E-state index is 13.2. The van der Waals surface area contributed by atoms with E-state index in [1.807, 2.05) is 13.0 Å². The molecule has 0 fully saturated rings. The molecule has 1 aromatic carbocycles. The van der Waals surface area contributed by atoms with Gasteiger partial charge in [-0.1, -0.05) is 33.8 Å². The molecule has 0 aliphatic carbocycles. The largest absolute Gasteiger partial charge is 0.316 e. The van der Waals surface area contributed by atoms with Crippen molar-refractivity contribution < 1.29 is 4.39 Å². The molecule has 2 heteroatoms. The fourth-order valence-corrected chi connectivity index (χ4v) is 2.68. The normalized spacial score (nSPS) is 13.2. The molecule has 0 radical (unpaired) electrons. The first-order chi connectivity index (χ1) is 9.38. The molecule has 0 aliphatic heterocycles. The molecule has 1 nitrogen and oxygen atoms in total. The molecule has 0 aromatic heterocycles. The highest BCUT2D eigenvalue weighted by Gasteiger charge is 2.13. The van der Waals surface area contributed by atoms with Crippen molar-refractivity contribution in [2.24, 2.45) is 17.8 Å². The molecule has 0 saturated heterocycles. The van der Waals surface area contributed by atoms with Crippen molar-refractivity contribution in [2.45, 2.75) is 47.5 Å². The zero-order valence-corrected chi connectivity index (χ0v) is 13.7. The molecular weight excluding hydrogens is 249 g/mol. The first-order valence-corrected chi connectivity index (χ1v) is 7.84. The molecule has 1 N–H and O–H groups in total. The molecule has 0 heterocycles. The van der Waals surface area contributed by atoms with Crippen LogP contribution in [-0.4, -0.2) is 13.1 Å². The zero-order chi connectivity index (χ0) is 15.1. The summed E-state index contributed by atoms with van der Waals surface area (Å²) in [5.41, 5.74) is 2.35. The van der Waals surface area contributed by atoms with Crippen LogP contribution in [-0.2, 0) is 6.42 Å². The van der Waals surface area contributed by atoms with E-state index in [1.165, 1.54) is 12.0 Å². The third-order valence-electron chi connectivity index (χ3n) is 3.60. The van der Waals surface area contributed by atoms with Crippen LogP contribution in [0.25, 0.3) is 0 Å². The van der Waals surface area contributed by atoms with Crippen molar-refractivity contribution in [1.29, 1.82) is 0 Å². The molecule has 1 unspecified atom stereocenters. The van der Waals surface area contributed by atoms with Gasteiger partial charge in [-0.3, -0.25) is 0 Å². The van der Waals surface area contributed by atoms with E-state index in [0.717, 1.165) is 25.1 Å². The van der Waals surface area contributed by atoms with E-state index < -0.39 is 0 Å². The first kappa shape index (κ1) is 17.2. The second-order valence-electron chi connectivity index (χ2n) is 6.82. The predicted molar refractivity (Wildman–Crippen MR) is 85.5 cm³/mol. The first-order valence-electron chi connectivity index (χ1n) is 7.84. The van der Waals surface area contributed by atoms with E-state index in [9.17, 15) is 4.39 Å². The number of benzene rings is 1. The van der Waals surface area contributed by atoms with Crippen LogP contribution in [0.2, 0.25) is 0 Å². The third kappa shape index (κ3) is 6.51. The molecule has 0 aliphatic rings. The average molecular weight is 279 g/mol. The van der Waals surface area contributed by atoms with Gasteiger partial charge >= 0.3 is 0 Å². The van der Waals surface area contributed by atoms with Crippen LogP contribution >= 0.6 is 0 Å². The van der Waals surface area contributed by atoms with Gasteiger partial charge in [0.15, 0.2) is 0 Å². The van der Waals surface area contributed by atoms with Crippen LogP contribution in [0, 0.1) is 30.5 Å². The lowest BCUT2D eigenvalue weighted by molar-refractivity contribution is 0.375. The number of rotatable bonds is 8. The zero-order valence-electron chi connectivity index (χ0n) is 13.7. The standard InChI is InChI=1S/C18H30FN/c1-13(2)8-16(12-20-11-14(3)4)10-17-6-7-18(19)9-15(17)5/h6-7,9,13-14,16,20H,8,10-12H2,1-5H3. The highest BCUT2D eigenvalue weighted by Crippen LogP contribution is 2.20. The maximum Gasteiger partial charge on any atom is 0.123 e. The van der Waals surface area contributed by atoms with Gasteiger partial charge in [0.25, 0.3) is 0 Å². The molecule has 20 heavy (non-hydrogen) atoms. The Labute approximate surface area is 124 Å². The van der Waals surface area contributed by atoms with E-state index >= 15 is 0 Å². The van der Waals surface area contributed by atoms with Gasteiger partial charge in [0, 0.05) is 0 Å². The van der Waals surface area contributed by atoms with Crippen molar-refractivity contribution in [2.75, 3.05) is 13.1 Å². The second kappa shape index (κ2) is 8.41. The molecule has 1 rings (SSSR count). The summed E-state index contributed by atoms with van der Waals surface area (Å²) in [5, 5.41) is 3.57. The number of hydrogen-bond acceptors (Lipinski definition) is 1. The molecular formula is C18H30FN. The predicted octanol–water partition coefficient (Wildman–Crippen LogP) is 4.58. The van der Waals surface area contributed by atoms with Crippen LogP contribution in [0.3, 0.4) is 0 Å². The molecule has 1 aromatic rings. The van der Waals surface area contributed by atoms with Gasteiger partial charge < -0.3 is 5.32 Å². The van der Waals surface area contributed by atoms with Crippen LogP contribution in [0.5, 0.6) is 0 Å². The van der Waals surface area contributed by atoms with Gasteiger partial charge in [-0.15, -0.1) is 0 Å². The van der Waals surface area contributed by atoms with Crippen molar-refractivity contribution in [3.63, 3.8) is 0 Å². The summed E-state index contributed by atoms with van der Waals surface area (Å²) in [6.07, 6.45) is 2.25. The highest BCUT2D eigenvalue weighted by atomic mass is 19.1. The summed E-state index contributed by atoms with van der Waals surface area (Å²) < 4.78 is 13.2. The molecule has 1 atom stereocenters. The molecule has 0 bridgehead atoms. The van der Waals surface area contributed by atoms with E-state index in [1.54, 1.807) is 12.1 Å². The third-order valence-corrected chi connectivity index (χ3v) is 3.60. The minimum atomic E-state index is -0.135. The van der Waals surface area contributed by atoms with Crippen molar-refractivity contribution in [1.82, 2.24) is 5.32 Å². The van der Waals surface area contributed by atoms with Crippen molar-refractivity contribution in [3.05, 3.63) is 35.1 Å². The summed E-state index contributed by atoms with van der Waals surface area (Å²) in [7, 11) is 0. The minimum Gasteiger partial charge on any atom is -0.316 e. The summed E-state index contributed by atoms with van der Waals surface area (Å²) in [6, 6.07) is 5.17. The van der Waals surface area contributed by atoms with E-state index in [-0.39, 0.29) is 5.82 Å². The molecule has 114 valence electrons. The summed E-state index contributed by atoms with van der Waals surface area (Å²) in [6.45, 7) is 13.1. The van der Waals surface area contributed by atoms with Crippen LogP contribution in [0.1, 0.15) is 45.2 Å². The van der Waals surface area contributed by atoms with Gasteiger partial charge in [-0.25, -0.2) is 4.39 Å². The molecule has 0 spiro atoms. The average Bonchev–Trinajstić information content (AvgIpc) is 2.31. The molecule has 0 amide bonds. The van der Waals surface area contributed by atoms with Gasteiger partial charge in [0.05, 0.1) is 0 Å². The summed E-state index contributed by atoms with van der Waals surface area (Å²) in [5.74, 6) is 1.87. The Morgan fingerprint density at radius 3 is 2.30 bits per heavy atom. The Morgan fingerprint density at radius 2 is 1.75 bits per heavy atom. The number of aryl methyl sites for hydroxylation is 1. The lowest BCUT2D eigenvalue weighted by atomic mass is 9.89. The topological polar surface area (TPSA) is 12.0 Å². The highest BCUT2D eigenvalue weighted by molar-refractivity contribution is 5.27. The van der Waals surface area contributed by atoms with Crippen LogP contribution < -0.4 is 5.32 Å². The van der Waals surface area contributed by atoms with Gasteiger partial charge in [0.2, 0.25) is 0 Å². The maximum absolute atomic E-state index is 13.2. The number of nitrogens with one attached hydrogen (secondary N) is 1. The Morgan fingerprint density at radius 1 is 1.05 bits per heavy atom.